The van der Waals surface area contributed by atoms with Crippen LogP contribution in [-0.2, 0) is 16.0 Å². The van der Waals surface area contributed by atoms with Crippen LogP contribution in [0, 0.1) is 17.5 Å². The van der Waals surface area contributed by atoms with Crippen molar-refractivity contribution in [2.24, 2.45) is 0 Å². The summed E-state index contributed by atoms with van der Waals surface area (Å²) in [6.07, 6.45) is -0.121. The third-order valence-electron chi connectivity index (χ3n) is 5.57. The lowest BCUT2D eigenvalue weighted by Crippen LogP contribution is -2.43. The summed E-state index contributed by atoms with van der Waals surface area (Å²) in [6.45, 7) is 0.744. The highest BCUT2D eigenvalue weighted by atomic mass is 35.5. The molecule has 2 N–H and O–H groups in total. The number of ether oxygens (including phenoxy) is 2. The van der Waals surface area contributed by atoms with Crippen LogP contribution in [0.2, 0.25) is 10.0 Å². The fourth-order valence-corrected chi connectivity index (χ4v) is 4.63. The molecular formula is C25H19Cl2F3N2O4. The first-order valence-electron chi connectivity index (χ1n) is 10.7. The Kier molecular flexibility index (Phi) is 7.61. The number of hydrogen-bond donors (Lipinski definition) is 2. The van der Waals surface area contributed by atoms with E-state index in [1.165, 1.54) is 0 Å². The lowest BCUT2D eigenvalue weighted by Gasteiger charge is -2.26. The molecule has 36 heavy (non-hydrogen) atoms. The minimum Gasteiger partial charge on any atom is -0.489 e. The maximum Gasteiger partial charge on any atom is 0.328 e. The Morgan fingerprint density at radius 3 is 2.42 bits per heavy atom. The summed E-state index contributed by atoms with van der Waals surface area (Å²) in [5.41, 5.74) is 1.09. The third kappa shape index (κ3) is 5.08. The van der Waals surface area contributed by atoms with Crippen molar-refractivity contribution in [1.29, 1.82) is 0 Å². The molecule has 1 amide bonds. The molecule has 0 saturated carbocycles. The van der Waals surface area contributed by atoms with Crippen molar-refractivity contribution in [3.8, 4) is 16.9 Å². The number of carbonyl (C=O) groups is 2. The molecule has 0 aromatic heterocycles. The number of esters is 1. The number of halogens is 5. The molecule has 1 atom stereocenters. The summed E-state index contributed by atoms with van der Waals surface area (Å²) in [4.78, 5) is 25.1. The minimum atomic E-state index is -1.29. The molecular weight excluding hydrogens is 520 g/mol. The van der Waals surface area contributed by atoms with E-state index >= 15 is 0 Å². The lowest BCUT2D eigenvalue weighted by molar-refractivity contribution is -0.142. The maximum absolute atomic E-state index is 14.1. The number of amides is 1. The molecule has 188 valence electrons. The molecule has 0 radical (unpaired) electrons. The molecule has 0 bridgehead atoms. The monoisotopic (exact) mass is 538 g/mol. The minimum absolute atomic E-state index is 0.0916. The highest BCUT2D eigenvalue weighted by Gasteiger charge is 2.29. The number of benzene rings is 3. The second kappa shape index (κ2) is 10.7. The number of methoxy groups -OCH3 is 1. The van der Waals surface area contributed by atoms with E-state index in [-0.39, 0.29) is 16.5 Å². The number of rotatable bonds is 6. The van der Waals surface area contributed by atoms with Crippen molar-refractivity contribution in [1.82, 2.24) is 5.32 Å². The van der Waals surface area contributed by atoms with Crippen molar-refractivity contribution >= 4 is 40.8 Å². The zero-order valence-corrected chi connectivity index (χ0v) is 20.3. The molecule has 0 aliphatic carbocycles. The van der Waals surface area contributed by atoms with Gasteiger partial charge in [-0.3, -0.25) is 4.79 Å². The molecule has 0 unspecified atom stereocenters. The van der Waals surface area contributed by atoms with Gasteiger partial charge < -0.3 is 20.1 Å². The van der Waals surface area contributed by atoms with Crippen molar-refractivity contribution in [2.45, 2.75) is 12.5 Å². The summed E-state index contributed by atoms with van der Waals surface area (Å²) in [5, 5.41) is 5.72. The van der Waals surface area contributed by atoms with Crippen LogP contribution in [0.25, 0.3) is 11.1 Å². The van der Waals surface area contributed by atoms with Gasteiger partial charge in [0.2, 0.25) is 0 Å². The van der Waals surface area contributed by atoms with Crippen LogP contribution < -0.4 is 15.4 Å². The molecule has 4 rings (SSSR count). The van der Waals surface area contributed by atoms with E-state index in [1.807, 2.05) is 0 Å². The molecule has 1 heterocycles. The Morgan fingerprint density at radius 2 is 1.78 bits per heavy atom. The van der Waals surface area contributed by atoms with E-state index < -0.39 is 40.9 Å². The first-order chi connectivity index (χ1) is 17.2. The van der Waals surface area contributed by atoms with Crippen molar-refractivity contribution < 1.29 is 32.2 Å². The molecule has 3 aromatic rings. The molecule has 0 spiro atoms. The first kappa shape index (κ1) is 25.7. The van der Waals surface area contributed by atoms with Gasteiger partial charge in [0.25, 0.3) is 5.91 Å². The van der Waals surface area contributed by atoms with E-state index in [2.05, 4.69) is 10.6 Å². The zero-order chi connectivity index (χ0) is 26.0. The van der Waals surface area contributed by atoms with Crippen LogP contribution in [0.3, 0.4) is 0 Å². The molecule has 3 aromatic carbocycles. The predicted octanol–water partition coefficient (Wildman–Crippen LogP) is 5.40. The van der Waals surface area contributed by atoms with Gasteiger partial charge in [-0.2, -0.15) is 0 Å². The van der Waals surface area contributed by atoms with Gasteiger partial charge in [0.1, 0.15) is 41.4 Å². The first-order valence-corrected chi connectivity index (χ1v) is 11.5. The van der Waals surface area contributed by atoms with Gasteiger partial charge >= 0.3 is 5.97 Å². The molecule has 1 aliphatic heterocycles. The highest BCUT2D eigenvalue weighted by Crippen LogP contribution is 2.45. The quantitative estimate of drug-likeness (QED) is 0.411. The third-order valence-corrected chi connectivity index (χ3v) is 6.17. The maximum atomic E-state index is 14.1. The smallest absolute Gasteiger partial charge is 0.328 e. The molecule has 0 fully saturated rings. The van der Waals surface area contributed by atoms with Gasteiger partial charge in [-0.1, -0.05) is 41.4 Å². The average Bonchev–Trinajstić information content (AvgIpc) is 2.83. The van der Waals surface area contributed by atoms with Gasteiger partial charge in [-0.05, 0) is 29.8 Å². The Labute approximate surface area is 214 Å². The average molecular weight is 539 g/mol. The van der Waals surface area contributed by atoms with Gasteiger partial charge in [0, 0.05) is 24.1 Å². The second-order valence-corrected chi connectivity index (χ2v) is 8.66. The number of hydrogen-bond acceptors (Lipinski definition) is 5. The lowest BCUT2D eigenvalue weighted by atomic mass is 9.96. The van der Waals surface area contributed by atoms with E-state index in [0.29, 0.717) is 41.3 Å². The summed E-state index contributed by atoms with van der Waals surface area (Å²) in [6, 6.07) is 7.26. The van der Waals surface area contributed by atoms with Crippen LogP contribution in [0.4, 0.5) is 18.9 Å². The molecule has 11 heteroatoms. The standard InChI is InChI=1S/C25H19Cl2F3N2O4/c1-35-25(34)19(32-24(33)21-17(29)3-2-4-18(21)30)9-12-5-6-14(22-23(12)36-8-7-31-22)20-15(26)10-13(28)11-16(20)27/h2-6,10-11,19,31H,7-9H2,1H3,(H,32,33)/t19-/m0/s1. The Morgan fingerprint density at radius 1 is 1.11 bits per heavy atom. The normalized spacial score (nSPS) is 13.2. The zero-order valence-electron chi connectivity index (χ0n) is 18.8. The second-order valence-electron chi connectivity index (χ2n) is 7.85. The van der Waals surface area contributed by atoms with Crippen molar-refractivity contribution in [3.63, 3.8) is 0 Å². The molecule has 0 saturated heterocycles. The SMILES string of the molecule is COC(=O)[C@H](Cc1ccc(-c2c(Cl)cc(F)cc2Cl)c2c1OCCN2)NC(=O)c1c(F)cccc1F. The van der Waals surface area contributed by atoms with Crippen LogP contribution in [0.1, 0.15) is 15.9 Å². The summed E-state index contributed by atoms with van der Waals surface area (Å²) < 4.78 is 52.6. The van der Waals surface area contributed by atoms with E-state index in [4.69, 9.17) is 32.7 Å². The summed E-state index contributed by atoms with van der Waals surface area (Å²) in [7, 11) is 1.13. The molecule has 1 aliphatic rings. The topological polar surface area (TPSA) is 76.7 Å². The number of nitrogens with one attached hydrogen (secondary N) is 2. The van der Waals surface area contributed by atoms with Crippen molar-refractivity contribution in [2.75, 3.05) is 25.6 Å². The Hall–Kier alpha value is -3.43. The number of carbonyl (C=O) groups excluding carboxylic acids is 2. The summed E-state index contributed by atoms with van der Waals surface area (Å²) in [5.74, 6) is -4.32. The molecule has 6 nitrogen and oxygen atoms in total. The summed E-state index contributed by atoms with van der Waals surface area (Å²) >= 11 is 12.5. The fourth-order valence-electron chi connectivity index (χ4n) is 3.96. The van der Waals surface area contributed by atoms with E-state index in [1.54, 1.807) is 12.1 Å². The van der Waals surface area contributed by atoms with Crippen LogP contribution >= 0.6 is 23.2 Å². The number of anilines is 1. The van der Waals surface area contributed by atoms with E-state index in [9.17, 15) is 22.8 Å². The number of fused-ring (bicyclic) bond motifs is 1. The fraction of sp³-hybridized carbons (Fsp3) is 0.200. The van der Waals surface area contributed by atoms with Crippen LogP contribution in [0.15, 0.2) is 42.5 Å². The van der Waals surface area contributed by atoms with Gasteiger partial charge in [0.05, 0.1) is 22.8 Å². The predicted molar refractivity (Wildman–Crippen MR) is 129 cm³/mol. The van der Waals surface area contributed by atoms with E-state index in [0.717, 1.165) is 37.4 Å². The largest absolute Gasteiger partial charge is 0.489 e. The Bertz CT molecular complexity index is 1310. The van der Waals surface area contributed by atoms with Crippen LogP contribution in [0.5, 0.6) is 5.75 Å². The Balaban J connectivity index is 1.71. The van der Waals surface area contributed by atoms with Gasteiger partial charge in [-0.15, -0.1) is 0 Å². The highest BCUT2D eigenvalue weighted by molar-refractivity contribution is 6.39. The van der Waals surface area contributed by atoms with Gasteiger partial charge in [-0.25, -0.2) is 18.0 Å². The van der Waals surface area contributed by atoms with Crippen molar-refractivity contribution in [3.05, 3.63) is 81.1 Å². The van der Waals surface area contributed by atoms with Crippen LogP contribution in [-0.4, -0.2) is 38.2 Å². The van der Waals surface area contributed by atoms with Gasteiger partial charge in [0.15, 0.2) is 0 Å².